The Balaban J connectivity index is 0.00000220. The van der Waals surface area contributed by atoms with Gasteiger partial charge in [0.05, 0.1) is 12.5 Å². The first-order valence-corrected chi connectivity index (χ1v) is 7.32. The average molecular weight is 314 g/mol. The van der Waals surface area contributed by atoms with E-state index in [1.807, 2.05) is 18.2 Å². The van der Waals surface area contributed by atoms with Crippen LogP contribution in [0.1, 0.15) is 24.8 Å². The van der Waals surface area contributed by atoms with E-state index in [9.17, 15) is 4.79 Å². The van der Waals surface area contributed by atoms with E-state index in [1.165, 1.54) is 5.56 Å². The van der Waals surface area contributed by atoms with Gasteiger partial charge in [-0.3, -0.25) is 4.79 Å². The summed E-state index contributed by atoms with van der Waals surface area (Å²) in [5.74, 6) is -0.781. The van der Waals surface area contributed by atoms with Crippen LogP contribution >= 0.6 is 12.4 Å². The molecule has 0 unspecified atom stereocenters. The minimum atomic E-state index is -0.643. The molecule has 0 bridgehead atoms. The van der Waals surface area contributed by atoms with Gasteiger partial charge in [-0.25, -0.2) is 0 Å². The highest BCUT2D eigenvalue weighted by Gasteiger charge is 2.23. The number of hydrogen-bond acceptors (Lipinski definition) is 3. The molecule has 0 spiro atoms. The minimum absolute atomic E-state index is 0. The zero-order chi connectivity index (χ0) is 14.2. The van der Waals surface area contributed by atoms with E-state index in [4.69, 9.17) is 9.84 Å². The molecule has 1 N–H and O–H groups in total. The molecule has 0 aromatic heterocycles. The summed E-state index contributed by atoms with van der Waals surface area (Å²) in [5, 5.41) is 8.94. The molecule has 2 rings (SSSR count). The second-order valence-corrected chi connectivity index (χ2v) is 5.35. The maximum atomic E-state index is 10.9. The molecule has 1 aromatic rings. The maximum Gasteiger partial charge on any atom is 0.306 e. The predicted octanol–water partition coefficient (Wildman–Crippen LogP) is 2.81. The Hall–Kier alpha value is -1.10. The van der Waals surface area contributed by atoms with Crippen molar-refractivity contribution in [2.75, 3.05) is 26.2 Å². The normalized spacial score (nSPS) is 16.4. The highest BCUT2D eigenvalue weighted by molar-refractivity contribution is 5.85. The van der Waals surface area contributed by atoms with Crippen LogP contribution in [-0.2, 0) is 16.1 Å². The Bertz CT molecular complexity index is 405. The fourth-order valence-electron chi connectivity index (χ4n) is 2.56. The van der Waals surface area contributed by atoms with Crippen LogP contribution in [0.4, 0.5) is 0 Å². The smallest absolute Gasteiger partial charge is 0.306 e. The molecule has 21 heavy (non-hydrogen) atoms. The van der Waals surface area contributed by atoms with Gasteiger partial charge in [0.15, 0.2) is 0 Å². The van der Waals surface area contributed by atoms with Crippen LogP contribution in [0, 0.1) is 5.92 Å². The van der Waals surface area contributed by atoms with Gasteiger partial charge in [0.25, 0.3) is 0 Å². The van der Waals surface area contributed by atoms with Crippen molar-refractivity contribution >= 4 is 18.4 Å². The zero-order valence-corrected chi connectivity index (χ0v) is 13.1. The number of rotatable bonds is 7. The van der Waals surface area contributed by atoms with Crippen LogP contribution in [-0.4, -0.2) is 42.2 Å². The summed E-state index contributed by atoms with van der Waals surface area (Å²) in [6.45, 7) is 4.22. The summed E-state index contributed by atoms with van der Waals surface area (Å²) in [6, 6.07) is 10.2. The standard InChI is InChI=1S/C16H23NO3.ClH/c18-16(19)15-7-10-17(11-8-15)9-4-12-20-13-14-5-2-1-3-6-14;/h1-3,5-6,15H,4,7-13H2,(H,18,19);1H. The number of carboxylic acid groups (broad SMARTS) is 1. The monoisotopic (exact) mass is 313 g/mol. The highest BCUT2D eigenvalue weighted by atomic mass is 35.5. The molecule has 5 heteroatoms. The molecule has 1 aliphatic rings. The molecule has 1 heterocycles. The lowest BCUT2D eigenvalue weighted by Crippen LogP contribution is -2.37. The summed E-state index contributed by atoms with van der Waals surface area (Å²) in [7, 11) is 0. The number of aliphatic carboxylic acids is 1. The van der Waals surface area contributed by atoms with Crippen LogP contribution in [0.15, 0.2) is 30.3 Å². The molecule has 1 aliphatic heterocycles. The fourth-order valence-corrected chi connectivity index (χ4v) is 2.56. The van der Waals surface area contributed by atoms with Crippen molar-refractivity contribution < 1.29 is 14.6 Å². The van der Waals surface area contributed by atoms with E-state index in [0.29, 0.717) is 6.61 Å². The largest absolute Gasteiger partial charge is 0.481 e. The van der Waals surface area contributed by atoms with Gasteiger partial charge in [0.1, 0.15) is 0 Å². The predicted molar refractivity (Wildman–Crippen MR) is 84.8 cm³/mol. The Kier molecular flexibility index (Phi) is 8.35. The first-order chi connectivity index (χ1) is 9.75. The van der Waals surface area contributed by atoms with Gasteiger partial charge < -0.3 is 14.7 Å². The molecule has 1 aromatic carbocycles. The molecule has 0 aliphatic carbocycles. The van der Waals surface area contributed by atoms with E-state index >= 15 is 0 Å². The molecule has 1 fully saturated rings. The number of benzene rings is 1. The lowest BCUT2D eigenvalue weighted by atomic mass is 9.97. The van der Waals surface area contributed by atoms with Gasteiger partial charge in [-0.1, -0.05) is 30.3 Å². The van der Waals surface area contributed by atoms with Gasteiger partial charge >= 0.3 is 5.97 Å². The first kappa shape index (κ1) is 18.0. The number of nitrogens with zero attached hydrogens (tertiary/aromatic N) is 1. The van der Waals surface area contributed by atoms with Crippen LogP contribution in [0.25, 0.3) is 0 Å². The van der Waals surface area contributed by atoms with Crippen LogP contribution < -0.4 is 0 Å². The molecule has 0 radical (unpaired) electrons. The van der Waals surface area contributed by atoms with Crippen LogP contribution in [0.3, 0.4) is 0 Å². The molecule has 0 saturated carbocycles. The molecule has 4 nitrogen and oxygen atoms in total. The Labute approximate surface area is 132 Å². The minimum Gasteiger partial charge on any atom is -0.481 e. The third-order valence-corrected chi connectivity index (χ3v) is 3.81. The van der Waals surface area contributed by atoms with E-state index in [-0.39, 0.29) is 18.3 Å². The average Bonchev–Trinajstić information content (AvgIpc) is 2.48. The summed E-state index contributed by atoms with van der Waals surface area (Å²) in [6.07, 6.45) is 2.56. The number of likely N-dealkylation sites (tertiary alicyclic amines) is 1. The number of ether oxygens (including phenoxy) is 1. The second kappa shape index (κ2) is 9.77. The topological polar surface area (TPSA) is 49.8 Å². The number of halogens is 1. The Morgan fingerprint density at radius 3 is 2.52 bits per heavy atom. The van der Waals surface area contributed by atoms with Gasteiger partial charge in [0, 0.05) is 13.2 Å². The van der Waals surface area contributed by atoms with Crippen molar-refractivity contribution in [3.8, 4) is 0 Å². The van der Waals surface area contributed by atoms with Gasteiger partial charge in [0.2, 0.25) is 0 Å². The molecule has 0 atom stereocenters. The Morgan fingerprint density at radius 1 is 1.24 bits per heavy atom. The number of hydrogen-bond donors (Lipinski definition) is 1. The van der Waals surface area contributed by atoms with E-state index in [0.717, 1.165) is 45.5 Å². The van der Waals surface area contributed by atoms with Crippen molar-refractivity contribution in [2.24, 2.45) is 5.92 Å². The van der Waals surface area contributed by atoms with Gasteiger partial charge in [-0.2, -0.15) is 0 Å². The van der Waals surface area contributed by atoms with E-state index in [1.54, 1.807) is 0 Å². The van der Waals surface area contributed by atoms with Gasteiger partial charge in [-0.05, 0) is 37.9 Å². The van der Waals surface area contributed by atoms with Crippen molar-refractivity contribution in [2.45, 2.75) is 25.9 Å². The highest BCUT2D eigenvalue weighted by Crippen LogP contribution is 2.17. The summed E-state index contributed by atoms with van der Waals surface area (Å²) in [5.41, 5.74) is 1.20. The second-order valence-electron chi connectivity index (χ2n) is 5.35. The number of carboxylic acids is 1. The summed E-state index contributed by atoms with van der Waals surface area (Å²) < 4.78 is 5.65. The van der Waals surface area contributed by atoms with E-state index < -0.39 is 5.97 Å². The lowest BCUT2D eigenvalue weighted by Gasteiger charge is -2.29. The van der Waals surface area contributed by atoms with Crippen molar-refractivity contribution in [3.05, 3.63) is 35.9 Å². The third kappa shape index (κ3) is 6.46. The molecular formula is C16H24ClNO3. The van der Waals surface area contributed by atoms with Crippen molar-refractivity contribution in [1.82, 2.24) is 4.90 Å². The van der Waals surface area contributed by atoms with E-state index in [2.05, 4.69) is 17.0 Å². The van der Waals surface area contributed by atoms with Crippen molar-refractivity contribution in [3.63, 3.8) is 0 Å². The number of piperidine rings is 1. The molecule has 0 amide bonds. The third-order valence-electron chi connectivity index (χ3n) is 3.81. The zero-order valence-electron chi connectivity index (χ0n) is 12.2. The maximum absolute atomic E-state index is 10.9. The summed E-state index contributed by atoms with van der Waals surface area (Å²) >= 11 is 0. The molecule has 1 saturated heterocycles. The van der Waals surface area contributed by atoms with Gasteiger partial charge in [-0.15, -0.1) is 12.4 Å². The fraction of sp³-hybridized carbons (Fsp3) is 0.562. The SMILES string of the molecule is Cl.O=C(O)C1CCN(CCCOCc2ccccc2)CC1. The molecular weight excluding hydrogens is 290 g/mol. The van der Waals surface area contributed by atoms with Crippen LogP contribution in [0.5, 0.6) is 0 Å². The summed E-state index contributed by atoms with van der Waals surface area (Å²) in [4.78, 5) is 13.2. The quantitative estimate of drug-likeness (QED) is 0.786. The first-order valence-electron chi connectivity index (χ1n) is 7.32. The molecule has 118 valence electrons. The van der Waals surface area contributed by atoms with Crippen LogP contribution in [0.2, 0.25) is 0 Å². The lowest BCUT2D eigenvalue weighted by molar-refractivity contribution is -0.143. The van der Waals surface area contributed by atoms with Crippen molar-refractivity contribution in [1.29, 1.82) is 0 Å². The Morgan fingerprint density at radius 2 is 1.90 bits per heavy atom. The number of carbonyl (C=O) groups is 1.